The molecule has 94 valence electrons. The Hall–Kier alpha value is -1.16. The van der Waals surface area contributed by atoms with Crippen LogP contribution in [0.1, 0.15) is 42.9 Å². The van der Waals surface area contributed by atoms with Crippen LogP contribution in [0.25, 0.3) is 6.08 Å². The fraction of sp³-hybridized carbons (Fsp3) is 0.615. The number of halogens is 1. The molecule has 2 rings (SSSR count). The van der Waals surface area contributed by atoms with Gasteiger partial charge in [0.2, 0.25) is 0 Å². The lowest BCUT2D eigenvalue weighted by atomic mass is 9.97. The molecule has 2 heterocycles. The predicted octanol–water partition coefficient (Wildman–Crippen LogP) is 2.86. The third-order valence-corrected chi connectivity index (χ3v) is 3.38. The molecular formula is C13H20FN3. The number of aryl methyl sites for hydroxylation is 1. The SMILES string of the molecule is C/C(F)=C\c1nc(C2CCN(C)CC2)[nH]c1C. The summed E-state index contributed by atoms with van der Waals surface area (Å²) in [5.74, 6) is 1.31. The molecule has 0 aromatic carbocycles. The topological polar surface area (TPSA) is 31.9 Å². The van der Waals surface area contributed by atoms with Crippen LogP contribution in [0.5, 0.6) is 0 Å². The van der Waals surface area contributed by atoms with Crippen LogP contribution in [0.4, 0.5) is 4.39 Å². The van der Waals surface area contributed by atoms with Gasteiger partial charge in [0.1, 0.15) is 5.82 Å². The molecule has 1 aromatic rings. The van der Waals surface area contributed by atoms with Gasteiger partial charge in [-0.15, -0.1) is 0 Å². The zero-order valence-electron chi connectivity index (χ0n) is 10.8. The predicted molar refractivity (Wildman–Crippen MR) is 67.6 cm³/mol. The van der Waals surface area contributed by atoms with Gasteiger partial charge in [0.15, 0.2) is 0 Å². The highest BCUT2D eigenvalue weighted by molar-refractivity contribution is 5.49. The van der Waals surface area contributed by atoms with Crippen molar-refractivity contribution in [2.24, 2.45) is 0 Å². The Balaban J connectivity index is 2.14. The van der Waals surface area contributed by atoms with Gasteiger partial charge in [-0.2, -0.15) is 0 Å². The summed E-state index contributed by atoms with van der Waals surface area (Å²) >= 11 is 0. The number of rotatable bonds is 2. The molecule has 0 bridgehead atoms. The smallest absolute Gasteiger partial charge is 0.110 e. The van der Waals surface area contributed by atoms with E-state index in [-0.39, 0.29) is 5.83 Å². The van der Waals surface area contributed by atoms with Crippen molar-refractivity contribution in [3.63, 3.8) is 0 Å². The van der Waals surface area contributed by atoms with Crippen molar-refractivity contribution in [1.82, 2.24) is 14.9 Å². The Bertz CT molecular complexity index is 410. The highest BCUT2D eigenvalue weighted by Gasteiger charge is 2.21. The summed E-state index contributed by atoms with van der Waals surface area (Å²) in [6.45, 7) is 5.61. The second-order valence-corrected chi connectivity index (χ2v) is 4.94. The summed E-state index contributed by atoms with van der Waals surface area (Å²) in [4.78, 5) is 10.1. The number of nitrogens with one attached hydrogen (secondary N) is 1. The van der Waals surface area contributed by atoms with Crippen molar-refractivity contribution < 1.29 is 4.39 Å². The highest BCUT2D eigenvalue weighted by Crippen LogP contribution is 2.26. The van der Waals surface area contributed by atoms with Gasteiger partial charge >= 0.3 is 0 Å². The molecule has 0 radical (unpaired) electrons. The van der Waals surface area contributed by atoms with E-state index < -0.39 is 0 Å². The molecule has 1 aliphatic rings. The van der Waals surface area contributed by atoms with Crippen molar-refractivity contribution >= 4 is 6.08 Å². The first-order chi connectivity index (χ1) is 8.06. The summed E-state index contributed by atoms with van der Waals surface area (Å²) in [7, 11) is 2.14. The van der Waals surface area contributed by atoms with E-state index in [4.69, 9.17) is 0 Å². The van der Waals surface area contributed by atoms with Crippen LogP contribution in [0.15, 0.2) is 5.83 Å². The van der Waals surface area contributed by atoms with E-state index in [1.165, 1.54) is 13.0 Å². The molecular weight excluding hydrogens is 217 g/mol. The Morgan fingerprint density at radius 3 is 2.71 bits per heavy atom. The van der Waals surface area contributed by atoms with E-state index in [0.29, 0.717) is 5.92 Å². The van der Waals surface area contributed by atoms with Crippen molar-refractivity contribution in [2.45, 2.75) is 32.6 Å². The maximum atomic E-state index is 12.9. The van der Waals surface area contributed by atoms with Crippen LogP contribution < -0.4 is 0 Å². The maximum absolute atomic E-state index is 12.9. The Morgan fingerprint density at radius 1 is 1.47 bits per heavy atom. The van der Waals surface area contributed by atoms with Gasteiger partial charge in [0, 0.05) is 11.6 Å². The van der Waals surface area contributed by atoms with E-state index in [2.05, 4.69) is 21.9 Å². The zero-order chi connectivity index (χ0) is 12.4. The maximum Gasteiger partial charge on any atom is 0.110 e. The molecule has 17 heavy (non-hydrogen) atoms. The normalized spacial score (nSPS) is 19.9. The van der Waals surface area contributed by atoms with Gasteiger partial charge in [-0.05, 0) is 52.9 Å². The minimum Gasteiger partial charge on any atom is -0.345 e. The van der Waals surface area contributed by atoms with Crippen LogP contribution >= 0.6 is 0 Å². The average molecular weight is 237 g/mol. The number of aromatic nitrogens is 2. The van der Waals surface area contributed by atoms with Gasteiger partial charge in [-0.3, -0.25) is 0 Å². The molecule has 0 aliphatic carbocycles. The lowest BCUT2D eigenvalue weighted by Crippen LogP contribution is -2.29. The first-order valence-corrected chi connectivity index (χ1v) is 6.15. The molecule has 4 heteroatoms. The summed E-state index contributed by atoms with van der Waals surface area (Å²) in [5.41, 5.74) is 1.69. The fourth-order valence-corrected chi connectivity index (χ4v) is 2.30. The molecule has 3 nitrogen and oxygen atoms in total. The molecule has 0 atom stereocenters. The van der Waals surface area contributed by atoms with E-state index in [9.17, 15) is 4.39 Å². The number of nitrogens with zero attached hydrogens (tertiary/aromatic N) is 2. The fourth-order valence-electron chi connectivity index (χ4n) is 2.30. The van der Waals surface area contributed by atoms with Crippen molar-refractivity contribution in [1.29, 1.82) is 0 Å². The summed E-state index contributed by atoms with van der Waals surface area (Å²) < 4.78 is 12.9. The number of aromatic amines is 1. The Labute approximate surface area is 102 Å². The van der Waals surface area contributed by atoms with Gasteiger partial charge in [0.25, 0.3) is 0 Å². The van der Waals surface area contributed by atoms with Crippen molar-refractivity contribution in [3.8, 4) is 0 Å². The summed E-state index contributed by atoms with van der Waals surface area (Å²) in [5, 5.41) is 0. The second kappa shape index (κ2) is 5.00. The lowest BCUT2D eigenvalue weighted by molar-refractivity contribution is 0.251. The molecule has 1 aromatic heterocycles. The second-order valence-electron chi connectivity index (χ2n) is 4.94. The Kier molecular flexibility index (Phi) is 3.62. The first kappa shape index (κ1) is 12.3. The molecule has 0 unspecified atom stereocenters. The third kappa shape index (κ3) is 2.94. The Morgan fingerprint density at radius 2 is 2.12 bits per heavy atom. The van der Waals surface area contributed by atoms with Crippen LogP contribution in [0, 0.1) is 6.92 Å². The minimum atomic E-state index is -0.200. The average Bonchev–Trinajstić information content (AvgIpc) is 2.60. The molecule has 1 fully saturated rings. The van der Waals surface area contributed by atoms with E-state index in [0.717, 1.165) is 43.1 Å². The number of likely N-dealkylation sites (tertiary alicyclic amines) is 1. The monoisotopic (exact) mass is 237 g/mol. The van der Waals surface area contributed by atoms with Crippen LogP contribution in [-0.4, -0.2) is 35.0 Å². The first-order valence-electron chi connectivity index (χ1n) is 6.15. The number of piperidine rings is 1. The highest BCUT2D eigenvalue weighted by atomic mass is 19.1. The van der Waals surface area contributed by atoms with Gasteiger partial charge in [-0.25, -0.2) is 9.37 Å². The number of hydrogen-bond acceptors (Lipinski definition) is 2. The number of imidazole rings is 1. The molecule has 1 aliphatic heterocycles. The van der Waals surface area contributed by atoms with Gasteiger partial charge < -0.3 is 9.88 Å². The summed E-state index contributed by atoms with van der Waals surface area (Å²) in [6, 6.07) is 0. The van der Waals surface area contributed by atoms with Crippen LogP contribution in [0.3, 0.4) is 0 Å². The molecule has 1 N–H and O–H groups in total. The van der Waals surface area contributed by atoms with E-state index in [1.807, 2.05) is 6.92 Å². The number of allylic oxidation sites excluding steroid dienone is 1. The van der Waals surface area contributed by atoms with Crippen molar-refractivity contribution in [3.05, 3.63) is 23.0 Å². The quantitative estimate of drug-likeness (QED) is 0.857. The number of H-pyrrole nitrogens is 1. The standard InChI is InChI=1S/C13H20FN3/c1-9(14)8-12-10(2)15-13(16-12)11-4-6-17(3)7-5-11/h8,11H,4-7H2,1-3H3,(H,15,16)/b9-8+. The van der Waals surface area contributed by atoms with Gasteiger partial charge in [0.05, 0.1) is 11.5 Å². The lowest BCUT2D eigenvalue weighted by Gasteiger charge is -2.27. The minimum absolute atomic E-state index is 0.200. The van der Waals surface area contributed by atoms with Crippen LogP contribution in [0.2, 0.25) is 0 Å². The van der Waals surface area contributed by atoms with Crippen LogP contribution in [-0.2, 0) is 0 Å². The van der Waals surface area contributed by atoms with E-state index in [1.54, 1.807) is 0 Å². The van der Waals surface area contributed by atoms with E-state index >= 15 is 0 Å². The molecule has 0 spiro atoms. The zero-order valence-corrected chi connectivity index (χ0v) is 10.8. The third-order valence-electron chi connectivity index (χ3n) is 3.38. The number of hydrogen-bond donors (Lipinski definition) is 1. The molecule has 0 amide bonds. The molecule has 1 saturated heterocycles. The summed E-state index contributed by atoms with van der Waals surface area (Å²) in [6.07, 6.45) is 3.74. The largest absolute Gasteiger partial charge is 0.345 e. The van der Waals surface area contributed by atoms with Crippen molar-refractivity contribution in [2.75, 3.05) is 20.1 Å². The molecule has 0 saturated carbocycles. The van der Waals surface area contributed by atoms with Gasteiger partial charge in [-0.1, -0.05) is 0 Å².